The average molecular weight is 174 g/mol. The molecule has 2 aromatic rings. The molecule has 0 aliphatic carbocycles. The third-order valence-electron chi connectivity index (χ3n) is 2.14. The second kappa shape index (κ2) is 3.18. The number of benzene rings is 1. The third-order valence-corrected chi connectivity index (χ3v) is 2.14. The van der Waals surface area contributed by atoms with Gasteiger partial charge in [0.05, 0.1) is 23.5 Å². The minimum absolute atomic E-state index is 0.0904. The van der Waals surface area contributed by atoms with E-state index in [0.717, 1.165) is 11.0 Å². The zero-order chi connectivity index (χ0) is 9.26. The molecule has 1 unspecified atom stereocenters. The molecular weight excluding hydrogens is 162 g/mol. The molecule has 3 nitrogen and oxygen atoms in total. The van der Waals surface area contributed by atoms with Gasteiger partial charge in [-0.2, -0.15) is 0 Å². The molecule has 13 heavy (non-hydrogen) atoms. The van der Waals surface area contributed by atoms with Gasteiger partial charge in [0, 0.05) is 0 Å². The van der Waals surface area contributed by atoms with Gasteiger partial charge in [-0.3, -0.25) is 0 Å². The monoisotopic (exact) mass is 174 g/mol. The lowest BCUT2D eigenvalue weighted by Crippen LogP contribution is -2.16. The summed E-state index contributed by atoms with van der Waals surface area (Å²) >= 11 is 0. The van der Waals surface area contributed by atoms with Gasteiger partial charge in [-0.15, -0.1) is 0 Å². The summed E-state index contributed by atoms with van der Waals surface area (Å²) in [5.41, 5.74) is 7.94. The van der Waals surface area contributed by atoms with Gasteiger partial charge in [-0.25, -0.2) is 4.98 Å². The van der Waals surface area contributed by atoms with Crippen molar-refractivity contribution in [3.8, 4) is 0 Å². The highest BCUT2D eigenvalue weighted by Crippen LogP contribution is 2.15. The van der Waals surface area contributed by atoms with Crippen LogP contribution >= 0.6 is 0 Å². The number of rotatable bonds is 2. The van der Waals surface area contributed by atoms with Gasteiger partial charge < -0.3 is 10.3 Å². The van der Waals surface area contributed by atoms with Crippen molar-refractivity contribution in [2.75, 3.05) is 0 Å². The Morgan fingerprint density at radius 2 is 2.23 bits per heavy atom. The summed E-state index contributed by atoms with van der Waals surface area (Å²) in [4.78, 5) is 4.25. The number of fused-ring (bicyclic) bond motifs is 1. The van der Waals surface area contributed by atoms with Gasteiger partial charge in [0.25, 0.3) is 0 Å². The maximum absolute atomic E-state index is 5.87. The van der Waals surface area contributed by atoms with Crippen molar-refractivity contribution >= 4 is 11.0 Å². The highest BCUT2D eigenvalue weighted by molar-refractivity contribution is 5.75. The van der Waals surface area contributed by atoms with Crippen LogP contribution in [0.4, 0.5) is 0 Å². The molecule has 0 spiro atoms. The average Bonchev–Trinajstić information content (AvgIpc) is 2.60. The van der Waals surface area contributed by atoms with Crippen molar-refractivity contribution in [2.45, 2.75) is 13.1 Å². The van der Waals surface area contributed by atoms with E-state index in [0.29, 0.717) is 0 Å². The van der Waals surface area contributed by atoms with Gasteiger partial charge in [0.2, 0.25) is 0 Å². The van der Waals surface area contributed by atoms with Crippen LogP contribution in [0.2, 0.25) is 0 Å². The van der Waals surface area contributed by atoms with Gasteiger partial charge in [0.1, 0.15) is 0 Å². The number of imidazole rings is 1. The van der Waals surface area contributed by atoms with Gasteiger partial charge in [-0.05, 0) is 18.6 Å². The van der Waals surface area contributed by atoms with Crippen molar-refractivity contribution in [3.05, 3.63) is 37.0 Å². The third kappa shape index (κ3) is 1.31. The fraction of sp³-hybridized carbons (Fsp3) is 0.200. The molecule has 0 saturated heterocycles. The van der Waals surface area contributed by atoms with Crippen molar-refractivity contribution in [1.82, 2.24) is 9.55 Å². The van der Waals surface area contributed by atoms with Crippen LogP contribution in [0.25, 0.3) is 11.0 Å². The predicted octanol–water partition coefficient (Wildman–Crippen LogP) is 1.72. The minimum Gasteiger partial charge on any atom is -0.314 e. The van der Waals surface area contributed by atoms with E-state index < -0.39 is 0 Å². The van der Waals surface area contributed by atoms with Crippen LogP contribution in [-0.2, 0) is 0 Å². The number of hydrogen-bond donors (Lipinski definition) is 1. The largest absolute Gasteiger partial charge is 0.314 e. The Labute approximate surface area is 77.2 Å². The van der Waals surface area contributed by atoms with Gasteiger partial charge in [-0.1, -0.05) is 19.1 Å². The molecule has 67 valence electrons. The molecule has 2 N–H and O–H groups in total. The molecular formula is C10H12N3. The molecule has 1 heterocycles. The van der Waals surface area contributed by atoms with Crippen LogP contribution in [0.3, 0.4) is 0 Å². The summed E-state index contributed by atoms with van der Waals surface area (Å²) in [6, 6.07) is 7.96. The SMILES string of the molecule is C[CH]C(N)n1cnc2ccccc21. The quantitative estimate of drug-likeness (QED) is 0.753. The standard InChI is InChI=1S/C10H12N3/c1-2-10(11)13-7-12-8-5-3-4-6-9(8)13/h2-7,10H,11H2,1H3. The summed E-state index contributed by atoms with van der Waals surface area (Å²) in [5, 5.41) is 0. The van der Waals surface area contributed by atoms with E-state index in [1.165, 1.54) is 0 Å². The molecule has 0 amide bonds. The number of para-hydroxylation sites is 2. The number of nitrogens with two attached hydrogens (primary N) is 1. The first-order chi connectivity index (χ1) is 6.33. The second-order valence-electron chi connectivity index (χ2n) is 2.96. The fourth-order valence-electron chi connectivity index (χ4n) is 1.38. The lowest BCUT2D eigenvalue weighted by Gasteiger charge is -2.10. The molecule has 1 aromatic carbocycles. The summed E-state index contributed by atoms with van der Waals surface area (Å²) in [5.74, 6) is 0. The molecule has 0 aliphatic heterocycles. The molecule has 0 aliphatic rings. The summed E-state index contributed by atoms with van der Waals surface area (Å²) in [6.07, 6.45) is 3.62. The van der Waals surface area contributed by atoms with Crippen LogP contribution in [0.1, 0.15) is 13.1 Å². The summed E-state index contributed by atoms with van der Waals surface area (Å²) < 4.78 is 1.95. The molecule has 2 rings (SSSR count). The summed E-state index contributed by atoms with van der Waals surface area (Å²) in [6.45, 7) is 1.94. The molecule has 1 atom stereocenters. The number of aromatic nitrogens is 2. The van der Waals surface area contributed by atoms with Crippen LogP contribution in [-0.4, -0.2) is 9.55 Å². The Hall–Kier alpha value is -1.35. The highest BCUT2D eigenvalue weighted by atomic mass is 15.1. The smallest absolute Gasteiger partial charge is 0.0971 e. The van der Waals surface area contributed by atoms with Crippen molar-refractivity contribution < 1.29 is 0 Å². The van der Waals surface area contributed by atoms with E-state index in [2.05, 4.69) is 4.98 Å². The minimum atomic E-state index is -0.0904. The normalized spacial score (nSPS) is 13.4. The first-order valence-electron chi connectivity index (χ1n) is 4.29. The maximum atomic E-state index is 5.87. The molecule has 0 saturated carbocycles. The second-order valence-corrected chi connectivity index (χ2v) is 2.96. The predicted molar refractivity (Wildman–Crippen MR) is 52.9 cm³/mol. The molecule has 1 aromatic heterocycles. The molecule has 1 radical (unpaired) electrons. The van der Waals surface area contributed by atoms with Crippen LogP contribution in [0.15, 0.2) is 30.6 Å². The highest BCUT2D eigenvalue weighted by Gasteiger charge is 2.06. The van der Waals surface area contributed by atoms with Gasteiger partial charge >= 0.3 is 0 Å². The topological polar surface area (TPSA) is 43.8 Å². The molecule has 3 heteroatoms. The van der Waals surface area contributed by atoms with Crippen LogP contribution < -0.4 is 5.73 Å². The first-order valence-corrected chi connectivity index (χ1v) is 4.29. The lowest BCUT2D eigenvalue weighted by molar-refractivity contribution is 0.608. The van der Waals surface area contributed by atoms with E-state index in [-0.39, 0.29) is 6.17 Å². The maximum Gasteiger partial charge on any atom is 0.0971 e. The number of hydrogen-bond acceptors (Lipinski definition) is 2. The van der Waals surface area contributed by atoms with Crippen LogP contribution in [0.5, 0.6) is 0 Å². The first kappa shape index (κ1) is 8.26. The van der Waals surface area contributed by atoms with E-state index in [1.807, 2.05) is 42.2 Å². The fourth-order valence-corrected chi connectivity index (χ4v) is 1.38. The van der Waals surface area contributed by atoms with E-state index in [1.54, 1.807) is 6.33 Å². The molecule has 0 bridgehead atoms. The van der Waals surface area contributed by atoms with E-state index >= 15 is 0 Å². The van der Waals surface area contributed by atoms with E-state index in [9.17, 15) is 0 Å². The Morgan fingerprint density at radius 1 is 1.46 bits per heavy atom. The van der Waals surface area contributed by atoms with Crippen molar-refractivity contribution in [1.29, 1.82) is 0 Å². The van der Waals surface area contributed by atoms with Gasteiger partial charge in [0.15, 0.2) is 0 Å². The Kier molecular flexibility index (Phi) is 2.02. The Bertz CT molecular complexity index is 405. The van der Waals surface area contributed by atoms with Crippen molar-refractivity contribution in [2.24, 2.45) is 5.73 Å². The zero-order valence-electron chi connectivity index (χ0n) is 7.51. The number of nitrogens with zero attached hydrogens (tertiary/aromatic N) is 2. The summed E-state index contributed by atoms with van der Waals surface area (Å²) in [7, 11) is 0. The Balaban J connectivity index is 2.57. The van der Waals surface area contributed by atoms with E-state index in [4.69, 9.17) is 5.73 Å². The van der Waals surface area contributed by atoms with Crippen molar-refractivity contribution in [3.63, 3.8) is 0 Å². The Morgan fingerprint density at radius 3 is 3.00 bits per heavy atom. The lowest BCUT2D eigenvalue weighted by atomic mass is 10.3. The van der Waals surface area contributed by atoms with Crippen LogP contribution in [0, 0.1) is 6.42 Å². The molecule has 0 fully saturated rings. The zero-order valence-corrected chi connectivity index (χ0v) is 7.51.